The zero-order valence-corrected chi connectivity index (χ0v) is 23.4. The summed E-state index contributed by atoms with van der Waals surface area (Å²) in [5.74, 6) is -3.16. The quantitative estimate of drug-likeness (QED) is 0.142. The lowest BCUT2D eigenvalue weighted by atomic mass is 10.0. The van der Waals surface area contributed by atoms with Gasteiger partial charge in [-0.2, -0.15) is 18.7 Å². The molecule has 3 aromatic heterocycles. The Morgan fingerprint density at radius 3 is 2.51 bits per heavy atom. The monoisotopic (exact) mass is 565 g/mol. The van der Waals surface area contributed by atoms with Crippen LogP contribution in [0.4, 0.5) is 14.6 Å². The van der Waals surface area contributed by atoms with Gasteiger partial charge in [0, 0.05) is 31.4 Å². The number of aromatic carboxylic acids is 1. The number of aromatic amines is 1. The topological polar surface area (TPSA) is 109 Å². The summed E-state index contributed by atoms with van der Waals surface area (Å²) in [5.41, 5.74) is 3.09. The highest BCUT2D eigenvalue weighted by Gasteiger charge is 2.34. The maximum absolute atomic E-state index is 13.7. The molecule has 0 bridgehead atoms. The molecule has 0 saturated carbocycles. The molecule has 1 aliphatic rings. The number of carboxylic acid groups (broad SMARTS) is 1. The molecule has 8 nitrogen and oxygen atoms in total. The number of nitrogens with zero attached hydrogens (tertiary/aromatic N) is 3. The smallest absolute Gasteiger partial charge is 0.337 e. The maximum atomic E-state index is 13.7. The largest absolute Gasteiger partial charge is 0.478 e. The van der Waals surface area contributed by atoms with Crippen LogP contribution >= 0.6 is 0 Å². The number of unbranched alkanes of at least 4 members (excludes halogenated alkanes) is 6. The van der Waals surface area contributed by atoms with Crippen LogP contribution in [0.25, 0.3) is 11.6 Å². The number of fused-ring (bicyclic) bond motifs is 1. The van der Waals surface area contributed by atoms with Crippen molar-refractivity contribution in [2.75, 3.05) is 11.9 Å². The number of benzene rings is 1. The number of H-pyrrole nitrogens is 1. The van der Waals surface area contributed by atoms with Gasteiger partial charge in [-0.25, -0.2) is 4.79 Å². The number of aromatic nitrogens is 4. The Kier molecular flexibility index (Phi) is 10.1. The average molecular weight is 566 g/mol. The minimum atomic E-state index is -3.03. The molecule has 218 valence electrons. The fourth-order valence-electron chi connectivity index (χ4n) is 4.73. The second-order valence-corrected chi connectivity index (χ2v) is 10.2. The molecule has 0 spiro atoms. The number of rotatable bonds is 13. The van der Waals surface area contributed by atoms with Crippen molar-refractivity contribution < 1.29 is 23.1 Å². The number of hydrogen-bond acceptors (Lipinski definition) is 5. The Labute approximate surface area is 238 Å². The summed E-state index contributed by atoms with van der Waals surface area (Å²) in [6.07, 6.45) is 15.5. The van der Waals surface area contributed by atoms with E-state index in [1.165, 1.54) is 56.9 Å². The standard InChI is InChI=1S/C26H32F2N4O.C5H5NO2/c1-3-4-5-6-7-8-11-16-29-24-18-30-32(31-24)25-20-13-10-9-12-19(20)17-21(25)22-14-15-23(33-22)26(2,27)28;7-5(8)4-1-2-6-3-4/h9-10,12-15,17-18,25H,3-8,11,16H2,1-2H3,(H,29,31);1-3,6H,(H,7,8). The molecule has 1 unspecified atom stereocenters. The van der Waals surface area contributed by atoms with Crippen molar-refractivity contribution in [1.29, 1.82) is 0 Å². The van der Waals surface area contributed by atoms with E-state index in [1.807, 2.05) is 30.3 Å². The van der Waals surface area contributed by atoms with Crippen LogP contribution in [0.1, 0.15) is 97.8 Å². The van der Waals surface area contributed by atoms with Gasteiger partial charge in [0.25, 0.3) is 0 Å². The minimum absolute atomic E-state index is 0.296. The van der Waals surface area contributed by atoms with Crippen LogP contribution in [-0.4, -0.2) is 37.6 Å². The molecule has 5 rings (SSSR count). The zero-order chi connectivity index (χ0) is 29.2. The molecule has 0 amide bonds. The highest BCUT2D eigenvalue weighted by molar-refractivity contribution is 5.90. The predicted molar refractivity (Wildman–Crippen MR) is 155 cm³/mol. The van der Waals surface area contributed by atoms with Gasteiger partial charge < -0.3 is 19.8 Å². The summed E-state index contributed by atoms with van der Waals surface area (Å²) < 4.78 is 33.0. The molecule has 1 aliphatic carbocycles. The van der Waals surface area contributed by atoms with Gasteiger partial charge in [-0.05, 0) is 41.8 Å². The number of anilines is 1. The van der Waals surface area contributed by atoms with Crippen molar-refractivity contribution in [3.63, 3.8) is 0 Å². The summed E-state index contributed by atoms with van der Waals surface area (Å²) in [6, 6.07) is 12.0. The van der Waals surface area contributed by atoms with Crippen molar-refractivity contribution in [3.05, 3.63) is 89.3 Å². The van der Waals surface area contributed by atoms with Gasteiger partial charge in [0.2, 0.25) is 0 Å². The fourth-order valence-corrected chi connectivity index (χ4v) is 4.73. The van der Waals surface area contributed by atoms with E-state index in [0.717, 1.165) is 36.6 Å². The number of hydrogen-bond donors (Lipinski definition) is 3. The number of carbonyl (C=O) groups is 1. The summed E-state index contributed by atoms with van der Waals surface area (Å²) in [4.78, 5) is 14.3. The van der Waals surface area contributed by atoms with E-state index in [4.69, 9.17) is 9.52 Å². The first-order valence-corrected chi connectivity index (χ1v) is 14.1. The molecule has 3 heterocycles. The average Bonchev–Trinajstić information content (AvgIpc) is 3.75. The number of halogens is 2. The van der Waals surface area contributed by atoms with Crippen LogP contribution in [0, 0.1) is 0 Å². The Morgan fingerprint density at radius 2 is 1.85 bits per heavy atom. The number of nitrogens with one attached hydrogen (secondary N) is 2. The number of furan rings is 1. The molecule has 0 fully saturated rings. The second-order valence-electron chi connectivity index (χ2n) is 10.2. The van der Waals surface area contributed by atoms with Gasteiger partial charge in [-0.1, -0.05) is 69.7 Å². The van der Waals surface area contributed by atoms with Crippen LogP contribution in [0.2, 0.25) is 0 Å². The first-order valence-electron chi connectivity index (χ1n) is 14.1. The van der Waals surface area contributed by atoms with E-state index in [0.29, 0.717) is 17.1 Å². The molecule has 0 saturated heterocycles. The van der Waals surface area contributed by atoms with Gasteiger partial charge in [-0.15, -0.1) is 5.10 Å². The molecule has 0 aliphatic heterocycles. The van der Waals surface area contributed by atoms with E-state index in [1.54, 1.807) is 23.3 Å². The van der Waals surface area contributed by atoms with Gasteiger partial charge in [0.1, 0.15) is 11.8 Å². The van der Waals surface area contributed by atoms with E-state index in [-0.39, 0.29) is 11.8 Å². The lowest BCUT2D eigenvalue weighted by Crippen LogP contribution is -2.14. The molecule has 1 aromatic carbocycles. The first-order chi connectivity index (χ1) is 19.8. The van der Waals surface area contributed by atoms with Crippen LogP contribution in [0.15, 0.2) is 65.5 Å². The third-order valence-electron chi connectivity index (χ3n) is 6.89. The van der Waals surface area contributed by atoms with Gasteiger partial charge in [-0.3, -0.25) is 0 Å². The predicted octanol–water partition coefficient (Wildman–Crippen LogP) is 8.00. The SMILES string of the molecule is CCCCCCCCCNc1cnn(C2C(c3ccc(C(C)(F)F)o3)=Cc3ccccc32)n1.O=C(O)c1cc[nH]c1. The van der Waals surface area contributed by atoms with Crippen molar-refractivity contribution in [2.24, 2.45) is 0 Å². The van der Waals surface area contributed by atoms with E-state index in [2.05, 4.69) is 27.4 Å². The van der Waals surface area contributed by atoms with Crippen molar-refractivity contribution in [2.45, 2.75) is 70.8 Å². The summed E-state index contributed by atoms with van der Waals surface area (Å²) in [7, 11) is 0. The van der Waals surface area contributed by atoms with Gasteiger partial charge >= 0.3 is 11.9 Å². The molecule has 10 heteroatoms. The Balaban J connectivity index is 0.000000417. The van der Waals surface area contributed by atoms with Crippen LogP contribution in [-0.2, 0) is 5.92 Å². The molecular formula is C31H37F2N5O3. The summed E-state index contributed by atoms with van der Waals surface area (Å²) in [6.45, 7) is 3.92. The Bertz CT molecular complexity index is 1420. The molecule has 0 radical (unpaired) electrons. The fraction of sp³-hybridized carbons (Fsp3) is 0.387. The summed E-state index contributed by atoms with van der Waals surface area (Å²) >= 11 is 0. The molecular weight excluding hydrogens is 528 g/mol. The first kappa shape index (κ1) is 29.8. The van der Waals surface area contributed by atoms with Crippen LogP contribution in [0.5, 0.6) is 0 Å². The van der Waals surface area contributed by atoms with Crippen molar-refractivity contribution in [3.8, 4) is 0 Å². The zero-order valence-electron chi connectivity index (χ0n) is 23.4. The Morgan fingerprint density at radius 1 is 1.10 bits per heavy atom. The van der Waals surface area contributed by atoms with E-state index >= 15 is 0 Å². The van der Waals surface area contributed by atoms with E-state index in [9.17, 15) is 13.6 Å². The van der Waals surface area contributed by atoms with Crippen molar-refractivity contribution in [1.82, 2.24) is 20.0 Å². The Hall–Kier alpha value is -4.21. The third kappa shape index (κ3) is 7.93. The number of allylic oxidation sites excluding steroid dienone is 1. The van der Waals surface area contributed by atoms with Crippen LogP contribution in [0.3, 0.4) is 0 Å². The van der Waals surface area contributed by atoms with Gasteiger partial charge in [0.15, 0.2) is 11.6 Å². The maximum Gasteiger partial charge on any atom is 0.337 e. The lowest BCUT2D eigenvalue weighted by molar-refractivity contribution is -0.00560. The molecule has 3 N–H and O–H groups in total. The molecule has 4 aromatic rings. The highest BCUT2D eigenvalue weighted by atomic mass is 19.3. The van der Waals surface area contributed by atoms with Gasteiger partial charge in [0.05, 0.1) is 11.8 Å². The minimum Gasteiger partial charge on any atom is -0.478 e. The number of carboxylic acids is 1. The number of alkyl halides is 2. The summed E-state index contributed by atoms with van der Waals surface area (Å²) in [5, 5.41) is 20.7. The second kappa shape index (κ2) is 13.9. The van der Waals surface area contributed by atoms with Crippen LogP contribution < -0.4 is 5.32 Å². The normalized spacial score (nSPS) is 14.2. The van der Waals surface area contributed by atoms with E-state index < -0.39 is 11.9 Å². The highest BCUT2D eigenvalue weighted by Crippen LogP contribution is 2.43. The molecule has 41 heavy (non-hydrogen) atoms. The third-order valence-corrected chi connectivity index (χ3v) is 6.89. The van der Waals surface area contributed by atoms with Crippen molar-refractivity contribution >= 4 is 23.4 Å². The lowest BCUT2D eigenvalue weighted by Gasteiger charge is -2.15. The molecule has 1 atom stereocenters.